The lowest BCUT2D eigenvalue weighted by atomic mass is 10.3. The first-order chi connectivity index (χ1) is 9.01. The maximum atomic E-state index is 12.1. The quantitative estimate of drug-likeness (QED) is 0.623. The number of nitrogens with zero attached hydrogens (tertiary/aromatic N) is 1. The van der Waals surface area contributed by atoms with Crippen molar-refractivity contribution in [3.05, 3.63) is 46.3 Å². The van der Waals surface area contributed by atoms with Crippen molar-refractivity contribution in [3.8, 4) is 0 Å². The molecule has 1 aromatic carbocycles. The predicted octanol–water partition coefficient (Wildman–Crippen LogP) is 2.53. The summed E-state index contributed by atoms with van der Waals surface area (Å²) < 4.78 is 27.5. The van der Waals surface area contributed by atoms with Crippen molar-refractivity contribution in [1.29, 1.82) is 0 Å². The summed E-state index contributed by atoms with van der Waals surface area (Å²) in [6.07, 6.45) is 1.49. The third-order valence-electron chi connectivity index (χ3n) is 2.43. The van der Waals surface area contributed by atoms with E-state index < -0.39 is 10.0 Å². The molecular formula is C12H12IN3O2S. The minimum atomic E-state index is -3.57. The van der Waals surface area contributed by atoms with Crippen molar-refractivity contribution in [2.75, 3.05) is 17.1 Å². The topological polar surface area (TPSA) is 71.1 Å². The summed E-state index contributed by atoms with van der Waals surface area (Å²) in [4.78, 5) is 4.25. The van der Waals surface area contributed by atoms with Crippen LogP contribution in [0.1, 0.15) is 0 Å². The average Bonchev–Trinajstić information content (AvgIpc) is 2.41. The number of benzene rings is 1. The van der Waals surface area contributed by atoms with Gasteiger partial charge in [-0.05, 0) is 59.0 Å². The Bertz CT molecular complexity index is 654. The molecule has 1 aromatic heterocycles. The summed E-state index contributed by atoms with van der Waals surface area (Å²) in [6.45, 7) is 0. The van der Waals surface area contributed by atoms with E-state index in [1.165, 1.54) is 6.20 Å². The second-order valence-corrected chi connectivity index (χ2v) is 6.54. The van der Waals surface area contributed by atoms with Gasteiger partial charge in [-0.25, -0.2) is 13.4 Å². The number of rotatable bonds is 4. The van der Waals surface area contributed by atoms with Crippen molar-refractivity contribution in [2.24, 2.45) is 0 Å². The molecule has 0 fully saturated rings. The van der Waals surface area contributed by atoms with E-state index in [0.29, 0.717) is 5.69 Å². The Kier molecular flexibility index (Phi) is 4.25. The van der Waals surface area contributed by atoms with E-state index in [1.54, 1.807) is 43.4 Å². The van der Waals surface area contributed by atoms with Crippen molar-refractivity contribution in [2.45, 2.75) is 4.90 Å². The summed E-state index contributed by atoms with van der Waals surface area (Å²) in [7, 11) is -1.79. The molecule has 100 valence electrons. The van der Waals surface area contributed by atoms with Crippen LogP contribution in [-0.4, -0.2) is 20.4 Å². The van der Waals surface area contributed by atoms with Crippen molar-refractivity contribution in [3.63, 3.8) is 0 Å². The van der Waals surface area contributed by atoms with Gasteiger partial charge in [0, 0.05) is 12.7 Å². The summed E-state index contributed by atoms with van der Waals surface area (Å²) in [5.74, 6) is 0. The van der Waals surface area contributed by atoms with E-state index in [1.807, 2.05) is 0 Å². The standard InChI is InChI=1S/C12H12IN3O2S/c1-14-9-2-5-11(6-3-9)19(17,18)16-10-4-7-12(13)15-8-10/h2-8,14,16H,1H3. The van der Waals surface area contributed by atoms with Crippen LogP contribution in [0.4, 0.5) is 11.4 Å². The zero-order valence-corrected chi connectivity index (χ0v) is 13.1. The molecule has 2 N–H and O–H groups in total. The molecule has 19 heavy (non-hydrogen) atoms. The first-order valence-electron chi connectivity index (χ1n) is 5.43. The fraction of sp³-hybridized carbons (Fsp3) is 0.0833. The number of sulfonamides is 1. The molecule has 2 aromatic rings. The zero-order valence-electron chi connectivity index (χ0n) is 10.1. The van der Waals surface area contributed by atoms with E-state index in [4.69, 9.17) is 0 Å². The van der Waals surface area contributed by atoms with E-state index in [2.05, 4.69) is 37.6 Å². The third-order valence-corrected chi connectivity index (χ3v) is 4.47. The molecular weight excluding hydrogens is 377 g/mol. The molecule has 1 heterocycles. The molecule has 0 radical (unpaired) electrons. The van der Waals surface area contributed by atoms with E-state index in [9.17, 15) is 8.42 Å². The highest BCUT2D eigenvalue weighted by molar-refractivity contribution is 14.1. The first-order valence-corrected chi connectivity index (χ1v) is 8.00. The monoisotopic (exact) mass is 389 g/mol. The molecule has 0 spiro atoms. The molecule has 0 aliphatic rings. The largest absolute Gasteiger partial charge is 0.388 e. The number of halogens is 1. The van der Waals surface area contributed by atoms with Gasteiger partial charge < -0.3 is 5.32 Å². The second kappa shape index (κ2) is 5.74. The molecule has 0 aliphatic carbocycles. The minimum absolute atomic E-state index is 0.213. The second-order valence-electron chi connectivity index (χ2n) is 3.75. The lowest BCUT2D eigenvalue weighted by Gasteiger charge is -2.08. The van der Waals surface area contributed by atoms with E-state index in [-0.39, 0.29) is 4.90 Å². The third kappa shape index (κ3) is 3.57. The van der Waals surface area contributed by atoms with Gasteiger partial charge in [-0.1, -0.05) is 0 Å². The van der Waals surface area contributed by atoms with Crippen molar-refractivity contribution < 1.29 is 8.42 Å². The van der Waals surface area contributed by atoms with Gasteiger partial charge >= 0.3 is 0 Å². The summed E-state index contributed by atoms with van der Waals surface area (Å²) in [5.41, 5.74) is 1.30. The van der Waals surface area contributed by atoms with Crippen LogP contribution in [0.5, 0.6) is 0 Å². The molecule has 7 heteroatoms. The SMILES string of the molecule is CNc1ccc(S(=O)(=O)Nc2ccc(I)nc2)cc1. The fourth-order valence-electron chi connectivity index (χ4n) is 1.45. The van der Waals surface area contributed by atoms with Gasteiger partial charge in [0.05, 0.1) is 16.8 Å². The number of hydrogen-bond acceptors (Lipinski definition) is 4. The lowest BCUT2D eigenvalue weighted by Crippen LogP contribution is -2.13. The molecule has 0 saturated carbocycles. The van der Waals surface area contributed by atoms with E-state index >= 15 is 0 Å². The highest BCUT2D eigenvalue weighted by Gasteiger charge is 2.13. The normalized spacial score (nSPS) is 11.1. The number of pyridine rings is 1. The van der Waals surface area contributed by atoms with Crippen LogP contribution in [-0.2, 0) is 10.0 Å². The predicted molar refractivity (Wildman–Crippen MR) is 83.8 cm³/mol. The van der Waals surface area contributed by atoms with Gasteiger partial charge in [-0.2, -0.15) is 0 Å². The number of aromatic nitrogens is 1. The Labute approximate surface area is 125 Å². The Hall–Kier alpha value is -1.35. The minimum Gasteiger partial charge on any atom is -0.388 e. The van der Waals surface area contributed by atoms with Gasteiger partial charge in [-0.15, -0.1) is 0 Å². The van der Waals surface area contributed by atoms with Gasteiger partial charge in [0.15, 0.2) is 0 Å². The molecule has 0 unspecified atom stereocenters. The van der Waals surface area contributed by atoms with E-state index in [0.717, 1.165) is 9.39 Å². The molecule has 0 amide bonds. The Morgan fingerprint density at radius 1 is 1.05 bits per heavy atom. The number of hydrogen-bond donors (Lipinski definition) is 2. The lowest BCUT2D eigenvalue weighted by molar-refractivity contribution is 0.601. The zero-order chi connectivity index (χ0) is 13.9. The van der Waals surface area contributed by atoms with Crippen LogP contribution >= 0.6 is 22.6 Å². The van der Waals surface area contributed by atoms with Crippen molar-refractivity contribution >= 4 is 44.0 Å². The number of anilines is 2. The Balaban J connectivity index is 2.24. The van der Waals surface area contributed by atoms with Gasteiger partial charge in [0.1, 0.15) is 3.70 Å². The van der Waals surface area contributed by atoms with Crippen molar-refractivity contribution in [1.82, 2.24) is 4.98 Å². The first kappa shape index (κ1) is 14.1. The van der Waals surface area contributed by atoms with Crippen LogP contribution in [0, 0.1) is 3.70 Å². The summed E-state index contributed by atoms with van der Waals surface area (Å²) in [5, 5.41) is 2.94. The van der Waals surface area contributed by atoms with Crippen LogP contribution < -0.4 is 10.0 Å². The summed E-state index contributed by atoms with van der Waals surface area (Å²) >= 11 is 2.06. The Morgan fingerprint density at radius 2 is 1.68 bits per heavy atom. The van der Waals surface area contributed by atoms with Gasteiger partial charge in [-0.3, -0.25) is 4.72 Å². The maximum Gasteiger partial charge on any atom is 0.261 e. The molecule has 2 rings (SSSR count). The average molecular weight is 389 g/mol. The van der Waals surface area contributed by atoms with Crippen LogP contribution in [0.2, 0.25) is 0 Å². The maximum absolute atomic E-state index is 12.1. The fourth-order valence-corrected chi connectivity index (χ4v) is 2.81. The highest BCUT2D eigenvalue weighted by Crippen LogP contribution is 2.17. The Morgan fingerprint density at radius 3 is 2.21 bits per heavy atom. The molecule has 0 saturated heterocycles. The van der Waals surface area contributed by atoms with Crippen LogP contribution in [0.3, 0.4) is 0 Å². The molecule has 5 nitrogen and oxygen atoms in total. The highest BCUT2D eigenvalue weighted by atomic mass is 127. The van der Waals surface area contributed by atoms with Crippen LogP contribution in [0.25, 0.3) is 0 Å². The summed E-state index contributed by atoms with van der Waals surface area (Å²) in [6, 6.07) is 9.93. The molecule has 0 aliphatic heterocycles. The van der Waals surface area contributed by atoms with Gasteiger partial charge in [0.2, 0.25) is 0 Å². The van der Waals surface area contributed by atoms with Gasteiger partial charge in [0.25, 0.3) is 10.0 Å². The number of nitrogens with one attached hydrogen (secondary N) is 2. The molecule has 0 bridgehead atoms. The smallest absolute Gasteiger partial charge is 0.261 e. The van der Waals surface area contributed by atoms with Crippen LogP contribution in [0.15, 0.2) is 47.5 Å². The molecule has 0 atom stereocenters.